The van der Waals surface area contributed by atoms with Gasteiger partial charge >= 0.3 is 0 Å². The number of rotatable bonds is 5. The zero-order chi connectivity index (χ0) is 14.5. The van der Waals surface area contributed by atoms with E-state index in [1.165, 1.54) is 0 Å². The van der Waals surface area contributed by atoms with Crippen molar-refractivity contribution >= 4 is 16.7 Å². The van der Waals surface area contributed by atoms with Gasteiger partial charge in [0.2, 0.25) is 5.88 Å². The van der Waals surface area contributed by atoms with Crippen molar-refractivity contribution in [2.24, 2.45) is 0 Å². The third-order valence-corrected chi connectivity index (χ3v) is 2.99. The maximum Gasteiger partial charge on any atom is 0.239 e. The molecule has 0 spiro atoms. The lowest BCUT2D eigenvalue weighted by atomic mass is 10.2. The fourth-order valence-electron chi connectivity index (χ4n) is 2.01. The predicted octanol–water partition coefficient (Wildman–Crippen LogP) is 3.64. The van der Waals surface area contributed by atoms with Crippen molar-refractivity contribution in [3.05, 3.63) is 48.9 Å². The maximum absolute atomic E-state index is 5.86. The molecule has 1 aromatic carbocycles. The summed E-state index contributed by atoms with van der Waals surface area (Å²) in [6, 6.07) is 9.63. The molecule has 0 fully saturated rings. The van der Waals surface area contributed by atoms with Gasteiger partial charge in [0.05, 0.1) is 17.9 Å². The third-order valence-electron chi connectivity index (χ3n) is 2.99. The summed E-state index contributed by atoms with van der Waals surface area (Å²) in [5.74, 6) is 1.91. The molecule has 0 saturated carbocycles. The molecule has 5 heteroatoms. The number of hydrogen-bond acceptors (Lipinski definition) is 5. The van der Waals surface area contributed by atoms with Gasteiger partial charge in [-0.3, -0.25) is 9.97 Å². The quantitative estimate of drug-likeness (QED) is 0.773. The molecule has 1 N–H and O–H groups in total. The van der Waals surface area contributed by atoms with Crippen LogP contribution in [0.2, 0.25) is 0 Å². The molecule has 0 saturated heterocycles. The molecule has 0 aliphatic rings. The number of benzene rings is 1. The van der Waals surface area contributed by atoms with E-state index in [2.05, 4.69) is 27.2 Å². The summed E-state index contributed by atoms with van der Waals surface area (Å²) in [6.07, 6.45) is 6.09. The zero-order valence-corrected chi connectivity index (χ0v) is 11.8. The Balaban J connectivity index is 1.88. The first-order valence-corrected chi connectivity index (χ1v) is 6.94. The fourth-order valence-corrected chi connectivity index (χ4v) is 2.01. The molecule has 2 aromatic heterocycles. The summed E-state index contributed by atoms with van der Waals surface area (Å²) in [4.78, 5) is 12.9. The lowest BCUT2D eigenvalue weighted by Gasteiger charge is -2.09. The molecule has 2 heterocycles. The van der Waals surface area contributed by atoms with Crippen molar-refractivity contribution in [1.29, 1.82) is 0 Å². The van der Waals surface area contributed by atoms with Crippen molar-refractivity contribution in [2.75, 3.05) is 11.9 Å². The summed E-state index contributed by atoms with van der Waals surface area (Å²) in [5, 5.41) is 4.14. The molecule has 0 amide bonds. The van der Waals surface area contributed by atoms with Crippen LogP contribution in [0.1, 0.15) is 13.3 Å². The Morgan fingerprint density at radius 3 is 3.00 bits per heavy atom. The first-order valence-electron chi connectivity index (χ1n) is 6.94. The number of hydrogen-bond donors (Lipinski definition) is 1. The predicted molar refractivity (Wildman–Crippen MR) is 82.6 cm³/mol. The first-order chi connectivity index (χ1) is 10.4. The lowest BCUT2D eigenvalue weighted by Crippen LogP contribution is -2.03. The van der Waals surface area contributed by atoms with Crippen LogP contribution >= 0.6 is 0 Å². The zero-order valence-electron chi connectivity index (χ0n) is 11.8. The molecule has 0 bridgehead atoms. The van der Waals surface area contributed by atoms with Crippen molar-refractivity contribution in [3.8, 4) is 11.6 Å². The molecule has 3 aromatic rings. The molecular weight excluding hydrogens is 264 g/mol. The van der Waals surface area contributed by atoms with Gasteiger partial charge < -0.3 is 10.1 Å². The van der Waals surface area contributed by atoms with Crippen LogP contribution in [-0.4, -0.2) is 21.5 Å². The van der Waals surface area contributed by atoms with Crippen molar-refractivity contribution in [1.82, 2.24) is 15.0 Å². The number of fused-ring (bicyclic) bond motifs is 1. The summed E-state index contributed by atoms with van der Waals surface area (Å²) < 4.78 is 5.86. The minimum Gasteiger partial charge on any atom is -0.437 e. The number of anilines is 1. The van der Waals surface area contributed by atoms with Crippen LogP contribution in [0.3, 0.4) is 0 Å². The van der Waals surface area contributed by atoms with Gasteiger partial charge in [-0.15, -0.1) is 0 Å². The largest absolute Gasteiger partial charge is 0.437 e. The summed E-state index contributed by atoms with van der Waals surface area (Å²) >= 11 is 0. The monoisotopic (exact) mass is 280 g/mol. The van der Waals surface area contributed by atoms with Crippen LogP contribution in [0, 0.1) is 0 Å². The maximum atomic E-state index is 5.86. The van der Waals surface area contributed by atoms with E-state index in [4.69, 9.17) is 4.74 Å². The van der Waals surface area contributed by atoms with Gasteiger partial charge in [0, 0.05) is 18.1 Å². The van der Waals surface area contributed by atoms with Crippen molar-refractivity contribution in [2.45, 2.75) is 13.3 Å². The molecule has 5 nitrogen and oxygen atoms in total. The highest BCUT2D eigenvalue weighted by atomic mass is 16.5. The molecule has 21 heavy (non-hydrogen) atoms. The molecule has 3 rings (SSSR count). The van der Waals surface area contributed by atoms with E-state index in [0.29, 0.717) is 11.7 Å². The highest BCUT2D eigenvalue weighted by Crippen LogP contribution is 2.27. The number of nitrogens with one attached hydrogen (secondary N) is 1. The Kier molecular flexibility index (Phi) is 3.91. The second-order valence-corrected chi connectivity index (χ2v) is 4.60. The van der Waals surface area contributed by atoms with Crippen LogP contribution in [0.25, 0.3) is 10.9 Å². The van der Waals surface area contributed by atoms with E-state index in [1.807, 2.05) is 30.3 Å². The highest BCUT2D eigenvalue weighted by Gasteiger charge is 2.05. The second-order valence-electron chi connectivity index (χ2n) is 4.60. The second kappa shape index (κ2) is 6.17. The van der Waals surface area contributed by atoms with Crippen molar-refractivity contribution in [3.63, 3.8) is 0 Å². The van der Waals surface area contributed by atoms with Crippen LogP contribution in [-0.2, 0) is 0 Å². The number of nitrogens with zero attached hydrogens (tertiary/aromatic N) is 3. The standard InChI is InChI=1S/C16H16N4O/c1-2-8-19-15-10-17-11-16(20-15)21-14-7-3-6-13-12(14)5-4-9-18-13/h3-7,9-11H,2,8H2,1H3,(H,19,20). The van der Waals surface area contributed by atoms with Crippen LogP contribution < -0.4 is 10.1 Å². The van der Waals surface area contributed by atoms with E-state index >= 15 is 0 Å². The Bertz CT molecular complexity index is 740. The van der Waals surface area contributed by atoms with Crippen LogP contribution in [0.4, 0.5) is 5.82 Å². The fraction of sp³-hybridized carbons (Fsp3) is 0.188. The topological polar surface area (TPSA) is 59.9 Å². The van der Waals surface area contributed by atoms with Gasteiger partial charge in [-0.05, 0) is 30.7 Å². The summed E-state index contributed by atoms with van der Waals surface area (Å²) in [6.45, 7) is 2.96. The average molecular weight is 280 g/mol. The normalized spacial score (nSPS) is 10.5. The SMILES string of the molecule is CCCNc1cncc(Oc2cccc3ncccc23)n1. The molecule has 0 aliphatic carbocycles. The summed E-state index contributed by atoms with van der Waals surface area (Å²) in [5.41, 5.74) is 0.892. The Morgan fingerprint density at radius 2 is 2.10 bits per heavy atom. The summed E-state index contributed by atoms with van der Waals surface area (Å²) in [7, 11) is 0. The molecule has 0 unspecified atom stereocenters. The Morgan fingerprint density at radius 1 is 1.14 bits per heavy atom. The molecular formula is C16H16N4O. The number of pyridine rings is 1. The highest BCUT2D eigenvalue weighted by molar-refractivity contribution is 5.85. The van der Waals surface area contributed by atoms with E-state index in [1.54, 1.807) is 18.6 Å². The van der Waals surface area contributed by atoms with Gasteiger partial charge in [0.1, 0.15) is 11.6 Å². The van der Waals surface area contributed by atoms with Gasteiger partial charge in [0.15, 0.2) is 0 Å². The number of aromatic nitrogens is 3. The van der Waals surface area contributed by atoms with Crippen LogP contribution in [0.5, 0.6) is 11.6 Å². The van der Waals surface area contributed by atoms with Gasteiger partial charge in [-0.1, -0.05) is 13.0 Å². The van der Waals surface area contributed by atoms with Gasteiger partial charge in [-0.2, -0.15) is 4.98 Å². The van der Waals surface area contributed by atoms with E-state index in [0.717, 1.165) is 29.6 Å². The minimum atomic E-state index is 0.465. The van der Waals surface area contributed by atoms with Crippen molar-refractivity contribution < 1.29 is 4.74 Å². The molecule has 0 aliphatic heterocycles. The minimum absolute atomic E-state index is 0.465. The van der Waals surface area contributed by atoms with Crippen LogP contribution in [0.15, 0.2) is 48.9 Å². The first kappa shape index (κ1) is 13.3. The lowest BCUT2D eigenvalue weighted by molar-refractivity contribution is 0.466. The van der Waals surface area contributed by atoms with E-state index in [9.17, 15) is 0 Å². The van der Waals surface area contributed by atoms with E-state index in [-0.39, 0.29) is 0 Å². The molecule has 0 atom stereocenters. The van der Waals surface area contributed by atoms with Gasteiger partial charge in [-0.25, -0.2) is 0 Å². The Labute approximate surface area is 123 Å². The average Bonchev–Trinajstić information content (AvgIpc) is 2.54. The number of ether oxygens (including phenoxy) is 1. The third kappa shape index (κ3) is 3.08. The Hall–Kier alpha value is -2.69. The smallest absolute Gasteiger partial charge is 0.239 e. The molecule has 106 valence electrons. The van der Waals surface area contributed by atoms with E-state index < -0.39 is 0 Å². The molecule has 0 radical (unpaired) electrons. The van der Waals surface area contributed by atoms with Gasteiger partial charge in [0.25, 0.3) is 0 Å².